The molecule has 0 atom stereocenters. The van der Waals surface area contributed by atoms with E-state index in [1.807, 2.05) is 12.1 Å². The number of rotatable bonds is 3. The third-order valence-electron chi connectivity index (χ3n) is 1.93. The van der Waals surface area contributed by atoms with Crippen molar-refractivity contribution in [2.75, 3.05) is 5.43 Å². The quantitative estimate of drug-likeness (QED) is 0.873. The molecule has 0 unspecified atom stereocenters. The highest BCUT2D eigenvalue weighted by atomic mass is 35.5. The molecule has 6 heteroatoms. The predicted molar refractivity (Wildman–Crippen MR) is 59.5 cm³/mol. The van der Waals surface area contributed by atoms with Gasteiger partial charge in [-0.2, -0.15) is 0 Å². The zero-order chi connectivity index (χ0) is 11.4. The first kappa shape index (κ1) is 10.6. The number of hydrogen-bond donors (Lipinski definition) is 1. The topological polar surface area (TPSA) is 59.8 Å². The summed E-state index contributed by atoms with van der Waals surface area (Å²) in [5, 5.41) is 7.77. The van der Waals surface area contributed by atoms with Crippen molar-refractivity contribution in [2.24, 2.45) is 0 Å². The molecule has 0 spiro atoms. The van der Waals surface area contributed by atoms with Crippen LogP contribution in [0.1, 0.15) is 5.56 Å². The second kappa shape index (κ2) is 4.76. The molecule has 0 aliphatic heterocycles. The van der Waals surface area contributed by atoms with E-state index >= 15 is 0 Å². The third kappa shape index (κ3) is 2.80. The molecular weight excluding hydrogens is 228 g/mol. The molecule has 0 saturated heterocycles. The van der Waals surface area contributed by atoms with Gasteiger partial charge in [0.2, 0.25) is 5.91 Å². The van der Waals surface area contributed by atoms with Crippen molar-refractivity contribution in [2.45, 2.75) is 6.42 Å². The number of aromatic nitrogens is 3. The van der Waals surface area contributed by atoms with E-state index in [4.69, 9.17) is 11.6 Å². The Hall–Kier alpha value is -1.88. The Bertz CT molecular complexity index is 483. The molecule has 1 heterocycles. The standard InChI is InChI=1S/C10H9ClN4O/c11-9-3-1-2-8(4-9)5-10(16)14-15-6-12-13-7-15/h1-4,6-7H,5H2,(H,14,16). The van der Waals surface area contributed by atoms with Gasteiger partial charge in [-0.05, 0) is 17.7 Å². The highest BCUT2D eigenvalue weighted by Crippen LogP contribution is 2.10. The van der Waals surface area contributed by atoms with Gasteiger partial charge in [-0.15, -0.1) is 10.2 Å². The van der Waals surface area contributed by atoms with Crippen LogP contribution in [-0.2, 0) is 11.2 Å². The van der Waals surface area contributed by atoms with Crippen LogP contribution in [0.2, 0.25) is 5.02 Å². The van der Waals surface area contributed by atoms with Crippen LogP contribution in [0, 0.1) is 0 Å². The Morgan fingerprint density at radius 1 is 1.38 bits per heavy atom. The predicted octanol–water partition coefficient (Wildman–Crippen LogP) is 1.24. The lowest BCUT2D eigenvalue weighted by Crippen LogP contribution is -2.23. The van der Waals surface area contributed by atoms with E-state index in [9.17, 15) is 4.79 Å². The van der Waals surface area contributed by atoms with Crippen molar-refractivity contribution in [3.63, 3.8) is 0 Å². The molecule has 1 amide bonds. The number of benzene rings is 1. The van der Waals surface area contributed by atoms with Crippen LogP contribution in [0.3, 0.4) is 0 Å². The smallest absolute Gasteiger partial charge is 0.243 e. The van der Waals surface area contributed by atoms with Gasteiger partial charge < -0.3 is 0 Å². The van der Waals surface area contributed by atoms with Gasteiger partial charge in [0.15, 0.2) is 0 Å². The molecule has 0 saturated carbocycles. The summed E-state index contributed by atoms with van der Waals surface area (Å²) in [6.07, 6.45) is 3.09. The third-order valence-corrected chi connectivity index (χ3v) is 2.16. The zero-order valence-corrected chi connectivity index (χ0v) is 9.05. The van der Waals surface area contributed by atoms with E-state index < -0.39 is 0 Å². The van der Waals surface area contributed by atoms with Crippen LogP contribution < -0.4 is 5.43 Å². The molecule has 0 aliphatic carbocycles. The molecule has 0 bridgehead atoms. The molecule has 0 radical (unpaired) electrons. The summed E-state index contributed by atoms with van der Waals surface area (Å²) < 4.78 is 1.40. The number of hydrogen-bond acceptors (Lipinski definition) is 3. The summed E-state index contributed by atoms with van der Waals surface area (Å²) in [4.78, 5) is 11.6. The largest absolute Gasteiger partial charge is 0.273 e. The average Bonchev–Trinajstić information content (AvgIpc) is 2.70. The highest BCUT2D eigenvalue weighted by molar-refractivity contribution is 6.30. The van der Waals surface area contributed by atoms with Gasteiger partial charge in [0.25, 0.3) is 0 Å². The molecule has 2 rings (SSSR count). The fourth-order valence-electron chi connectivity index (χ4n) is 1.27. The van der Waals surface area contributed by atoms with E-state index in [1.54, 1.807) is 12.1 Å². The van der Waals surface area contributed by atoms with Crippen molar-refractivity contribution in [3.8, 4) is 0 Å². The molecule has 1 N–H and O–H groups in total. The van der Waals surface area contributed by atoms with Gasteiger partial charge in [-0.25, -0.2) is 4.68 Å². The SMILES string of the molecule is O=C(Cc1cccc(Cl)c1)Nn1cnnc1. The molecular formula is C10H9ClN4O. The Kier molecular flexibility index (Phi) is 3.16. The second-order valence-corrected chi connectivity index (χ2v) is 3.65. The zero-order valence-electron chi connectivity index (χ0n) is 8.30. The highest BCUT2D eigenvalue weighted by Gasteiger charge is 2.03. The number of nitrogens with one attached hydrogen (secondary N) is 1. The fraction of sp³-hybridized carbons (Fsp3) is 0.100. The minimum Gasteiger partial charge on any atom is -0.273 e. The molecule has 16 heavy (non-hydrogen) atoms. The number of halogens is 1. The number of nitrogens with zero attached hydrogens (tertiary/aromatic N) is 3. The van der Waals surface area contributed by atoms with Crippen molar-refractivity contribution in [3.05, 3.63) is 47.5 Å². The van der Waals surface area contributed by atoms with Gasteiger partial charge in [0.1, 0.15) is 12.7 Å². The van der Waals surface area contributed by atoms with Crippen molar-refractivity contribution >= 4 is 17.5 Å². The number of amides is 1. The summed E-state index contributed by atoms with van der Waals surface area (Å²) in [5.41, 5.74) is 3.46. The summed E-state index contributed by atoms with van der Waals surface area (Å²) in [6.45, 7) is 0. The van der Waals surface area contributed by atoms with Crippen LogP contribution in [-0.4, -0.2) is 20.8 Å². The Morgan fingerprint density at radius 3 is 2.81 bits per heavy atom. The number of carbonyl (C=O) groups excluding carboxylic acids is 1. The summed E-state index contributed by atoms with van der Waals surface area (Å²) in [6, 6.07) is 7.18. The van der Waals surface area contributed by atoms with Crippen molar-refractivity contribution in [1.29, 1.82) is 0 Å². The van der Waals surface area contributed by atoms with Gasteiger partial charge in [-0.1, -0.05) is 23.7 Å². The first-order valence-corrected chi connectivity index (χ1v) is 5.01. The molecule has 0 aliphatic rings. The minimum absolute atomic E-state index is 0.151. The molecule has 82 valence electrons. The monoisotopic (exact) mass is 236 g/mol. The average molecular weight is 237 g/mol. The van der Waals surface area contributed by atoms with Gasteiger partial charge in [-0.3, -0.25) is 10.2 Å². The Labute approximate surface area is 97.0 Å². The minimum atomic E-state index is -0.151. The van der Waals surface area contributed by atoms with Crippen molar-refractivity contribution < 1.29 is 4.79 Å². The lowest BCUT2D eigenvalue weighted by molar-refractivity contribution is -0.116. The van der Waals surface area contributed by atoms with Gasteiger partial charge in [0.05, 0.1) is 6.42 Å². The maximum atomic E-state index is 11.6. The molecule has 5 nitrogen and oxygen atoms in total. The lowest BCUT2D eigenvalue weighted by Gasteiger charge is -2.04. The lowest BCUT2D eigenvalue weighted by atomic mass is 10.1. The van der Waals surface area contributed by atoms with Crippen LogP contribution >= 0.6 is 11.6 Å². The summed E-state index contributed by atoms with van der Waals surface area (Å²) in [5.74, 6) is -0.151. The van der Waals surface area contributed by atoms with Crippen LogP contribution in [0.4, 0.5) is 0 Å². The Morgan fingerprint density at radius 2 is 2.12 bits per heavy atom. The van der Waals surface area contributed by atoms with Crippen LogP contribution in [0.25, 0.3) is 0 Å². The molecule has 2 aromatic rings. The van der Waals surface area contributed by atoms with E-state index in [0.717, 1.165) is 5.56 Å². The first-order chi connectivity index (χ1) is 7.74. The Balaban J connectivity index is 1.97. The van der Waals surface area contributed by atoms with Gasteiger partial charge >= 0.3 is 0 Å². The maximum absolute atomic E-state index is 11.6. The summed E-state index contributed by atoms with van der Waals surface area (Å²) in [7, 11) is 0. The molecule has 1 aromatic heterocycles. The fourth-order valence-corrected chi connectivity index (χ4v) is 1.49. The maximum Gasteiger partial charge on any atom is 0.243 e. The van der Waals surface area contributed by atoms with Crippen molar-refractivity contribution in [1.82, 2.24) is 14.9 Å². The van der Waals surface area contributed by atoms with E-state index in [0.29, 0.717) is 5.02 Å². The normalized spacial score (nSPS) is 10.1. The van der Waals surface area contributed by atoms with Crippen LogP contribution in [0.15, 0.2) is 36.9 Å². The number of carbonyl (C=O) groups is 1. The summed E-state index contributed by atoms with van der Waals surface area (Å²) >= 11 is 5.81. The second-order valence-electron chi connectivity index (χ2n) is 3.21. The van der Waals surface area contributed by atoms with E-state index in [1.165, 1.54) is 17.3 Å². The van der Waals surface area contributed by atoms with Gasteiger partial charge in [0, 0.05) is 5.02 Å². The first-order valence-electron chi connectivity index (χ1n) is 4.63. The van der Waals surface area contributed by atoms with E-state index in [2.05, 4.69) is 15.6 Å². The molecule has 1 aromatic carbocycles. The molecule has 0 fully saturated rings. The van der Waals surface area contributed by atoms with Crippen LogP contribution in [0.5, 0.6) is 0 Å². The van der Waals surface area contributed by atoms with E-state index in [-0.39, 0.29) is 12.3 Å².